The summed E-state index contributed by atoms with van der Waals surface area (Å²) in [4.78, 5) is 40.0. The number of likely N-dealkylation sites (tertiary alicyclic amines) is 1. The van der Waals surface area contributed by atoms with Crippen LogP contribution in [0.25, 0.3) is 0 Å². The zero-order valence-corrected chi connectivity index (χ0v) is 15.2. The highest BCUT2D eigenvalue weighted by Crippen LogP contribution is 2.29. The van der Waals surface area contributed by atoms with Crippen molar-refractivity contribution in [1.82, 2.24) is 10.2 Å². The van der Waals surface area contributed by atoms with E-state index in [0.717, 1.165) is 38.0 Å². The van der Waals surface area contributed by atoms with Gasteiger partial charge in [0.05, 0.1) is 17.9 Å². The van der Waals surface area contributed by atoms with Gasteiger partial charge in [-0.15, -0.1) is 0 Å². The van der Waals surface area contributed by atoms with Crippen molar-refractivity contribution >= 4 is 29.1 Å². The van der Waals surface area contributed by atoms with Crippen LogP contribution in [-0.4, -0.2) is 55.8 Å². The Labute approximate surface area is 153 Å². The Morgan fingerprint density at radius 1 is 1.15 bits per heavy atom. The fourth-order valence-electron chi connectivity index (χ4n) is 3.67. The number of carbonyl (C=O) groups excluding carboxylic acids is 3. The predicted octanol–water partition coefficient (Wildman–Crippen LogP) is 1.21. The van der Waals surface area contributed by atoms with E-state index >= 15 is 0 Å². The number of rotatable bonds is 5. The first-order valence-corrected chi connectivity index (χ1v) is 9.21. The second kappa shape index (κ2) is 8.31. The van der Waals surface area contributed by atoms with Crippen molar-refractivity contribution in [2.45, 2.75) is 25.7 Å². The molecule has 2 saturated heterocycles. The number of benzene rings is 1. The molecule has 0 radical (unpaired) electrons. The lowest BCUT2D eigenvalue weighted by molar-refractivity contribution is -0.126. The molecule has 0 atom stereocenters. The average Bonchev–Trinajstić information content (AvgIpc) is 3.08. The Kier molecular flexibility index (Phi) is 5.88. The molecule has 0 spiro atoms. The van der Waals surface area contributed by atoms with Gasteiger partial charge in [0, 0.05) is 25.9 Å². The number of nitrogens with zero attached hydrogens (tertiary/aromatic N) is 2. The topological polar surface area (TPSA) is 81.8 Å². The van der Waals surface area contributed by atoms with Gasteiger partial charge in [0.15, 0.2) is 0 Å². The molecule has 0 unspecified atom stereocenters. The number of amides is 3. The fourth-order valence-corrected chi connectivity index (χ4v) is 3.67. The van der Waals surface area contributed by atoms with E-state index in [-0.39, 0.29) is 23.6 Å². The Balaban J connectivity index is 1.56. The summed E-state index contributed by atoms with van der Waals surface area (Å²) in [5.74, 6) is 0.130. The number of carbonyl (C=O) groups is 3. The van der Waals surface area contributed by atoms with Crippen molar-refractivity contribution in [1.29, 1.82) is 0 Å². The highest BCUT2D eigenvalue weighted by atomic mass is 16.2. The van der Waals surface area contributed by atoms with Crippen LogP contribution in [-0.2, 0) is 14.4 Å². The summed E-state index contributed by atoms with van der Waals surface area (Å²) in [5.41, 5.74) is 1.44. The number of hydrogen-bond donors (Lipinski definition) is 2. The van der Waals surface area contributed by atoms with E-state index < -0.39 is 0 Å². The molecule has 2 aliphatic heterocycles. The van der Waals surface area contributed by atoms with Gasteiger partial charge in [-0.05, 0) is 44.5 Å². The minimum Gasteiger partial charge on any atom is -0.359 e. The molecule has 1 aromatic carbocycles. The van der Waals surface area contributed by atoms with Gasteiger partial charge in [0.25, 0.3) is 0 Å². The van der Waals surface area contributed by atoms with Crippen molar-refractivity contribution in [3.05, 3.63) is 24.3 Å². The van der Waals surface area contributed by atoms with Gasteiger partial charge in [-0.25, -0.2) is 0 Å². The Hall–Kier alpha value is -2.41. The van der Waals surface area contributed by atoms with Crippen molar-refractivity contribution in [3.8, 4) is 0 Å². The molecule has 2 aliphatic rings. The number of nitrogens with one attached hydrogen (secondary N) is 2. The molecular formula is C19H26N4O3. The van der Waals surface area contributed by atoms with Gasteiger partial charge < -0.3 is 15.5 Å². The molecule has 26 heavy (non-hydrogen) atoms. The summed E-state index contributed by atoms with van der Waals surface area (Å²) in [5, 5.41) is 5.64. The minimum atomic E-state index is -0.0949. The van der Waals surface area contributed by atoms with E-state index in [2.05, 4.69) is 15.5 Å². The van der Waals surface area contributed by atoms with Crippen molar-refractivity contribution in [3.63, 3.8) is 0 Å². The van der Waals surface area contributed by atoms with Gasteiger partial charge >= 0.3 is 0 Å². The Bertz CT molecular complexity index is 683. The third kappa shape index (κ3) is 4.22. The van der Waals surface area contributed by atoms with Crippen molar-refractivity contribution in [2.75, 3.05) is 43.4 Å². The van der Waals surface area contributed by atoms with Crippen LogP contribution in [0.4, 0.5) is 11.4 Å². The summed E-state index contributed by atoms with van der Waals surface area (Å²) in [6.07, 6.45) is 2.95. The molecule has 140 valence electrons. The first kappa shape index (κ1) is 18.4. The zero-order chi connectivity index (χ0) is 18.5. The molecule has 7 nitrogen and oxygen atoms in total. The van der Waals surface area contributed by atoms with Gasteiger partial charge in [0.2, 0.25) is 17.7 Å². The van der Waals surface area contributed by atoms with Gasteiger partial charge in [-0.3, -0.25) is 19.3 Å². The third-order valence-electron chi connectivity index (χ3n) is 5.11. The largest absolute Gasteiger partial charge is 0.359 e. The second-order valence-electron chi connectivity index (χ2n) is 6.88. The predicted molar refractivity (Wildman–Crippen MR) is 99.9 cm³/mol. The fraction of sp³-hybridized carbons (Fsp3) is 0.526. The number of hydrogen-bond acceptors (Lipinski definition) is 4. The normalized spacial score (nSPS) is 18.8. The standard InChI is InChI=1S/C19H26N4O3/c1-20-19(26)14-8-11-22(12-9-14)13-17(24)21-15-5-2-3-6-16(15)23-10-4-7-18(23)25/h2-3,5-6,14H,4,7-13H2,1H3,(H,20,26)(H,21,24). The monoisotopic (exact) mass is 358 g/mol. The highest BCUT2D eigenvalue weighted by Gasteiger charge is 2.26. The maximum absolute atomic E-state index is 12.5. The lowest BCUT2D eigenvalue weighted by Gasteiger charge is -2.30. The molecule has 0 bridgehead atoms. The quantitative estimate of drug-likeness (QED) is 0.829. The molecule has 3 amide bonds. The van der Waals surface area contributed by atoms with Crippen LogP contribution >= 0.6 is 0 Å². The SMILES string of the molecule is CNC(=O)C1CCN(CC(=O)Nc2ccccc2N2CCCC2=O)CC1. The lowest BCUT2D eigenvalue weighted by atomic mass is 9.96. The summed E-state index contributed by atoms with van der Waals surface area (Å²) in [7, 11) is 1.66. The Morgan fingerprint density at radius 2 is 1.88 bits per heavy atom. The lowest BCUT2D eigenvalue weighted by Crippen LogP contribution is -2.42. The van der Waals surface area contributed by atoms with E-state index in [1.165, 1.54) is 0 Å². The molecule has 2 N–H and O–H groups in total. The van der Waals surface area contributed by atoms with Gasteiger partial charge in [-0.1, -0.05) is 12.1 Å². The number of piperidine rings is 1. The summed E-state index contributed by atoms with van der Waals surface area (Å²) in [6, 6.07) is 7.43. The van der Waals surface area contributed by atoms with Crippen LogP contribution in [0.5, 0.6) is 0 Å². The van der Waals surface area contributed by atoms with Crippen LogP contribution in [0.15, 0.2) is 24.3 Å². The van der Waals surface area contributed by atoms with E-state index in [9.17, 15) is 14.4 Å². The molecule has 1 aromatic rings. The number of para-hydroxylation sites is 2. The molecule has 3 rings (SSSR count). The maximum atomic E-state index is 12.5. The van der Waals surface area contributed by atoms with Crippen LogP contribution in [0.2, 0.25) is 0 Å². The van der Waals surface area contributed by atoms with Gasteiger partial charge in [-0.2, -0.15) is 0 Å². The first-order chi connectivity index (χ1) is 12.6. The summed E-state index contributed by atoms with van der Waals surface area (Å²) >= 11 is 0. The zero-order valence-electron chi connectivity index (χ0n) is 15.2. The molecule has 0 aromatic heterocycles. The highest BCUT2D eigenvalue weighted by molar-refractivity contribution is 6.02. The van der Waals surface area contributed by atoms with Crippen LogP contribution in [0.1, 0.15) is 25.7 Å². The van der Waals surface area contributed by atoms with E-state index in [1.807, 2.05) is 24.3 Å². The van der Waals surface area contributed by atoms with E-state index in [0.29, 0.717) is 25.2 Å². The first-order valence-electron chi connectivity index (χ1n) is 9.21. The third-order valence-corrected chi connectivity index (χ3v) is 5.11. The van der Waals surface area contributed by atoms with E-state index in [4.69, 9.17) is 0 Å². The van der Waals surface area contributed by atoms with Crippen molar-refractivity contribution < 1.29 is 14.4 Å². The smallest absolute Gasteiger partial charge is 0.238 e. The van der Waals surface area contributed by atoms with Crippen LogP contribution in [0.3, 0.4) is 0 Å². The molecule has 2 fully saturated rings. The van der Waals surface area contributed by atoms with E-state index in [1.54, 1.807) is 11.9 Å². The average molecular weight is 358 g/mol. The van der Waals surface area contributed by atoms with Gasteiger partial charge in [0.1, 0.15) is 0 Å². The number of anilines is 2. The van der Waals surface area contributed by atoms with Crippen LogP contribution in [0, 0.1) is 5.92 Å². The van der Waals surface area contributed by atoms with Crippen molar-refractivity contribution in [2.24, 2.45) is 5.92 Å². The maximum Gasteiger partial charge on any atom is 0.238 e. The molecule has 0 saturated carbocycles. The molecule has 7 heteroatoms. The minimum absolute atomic E-state index is 0.0428. The molecular weight excluding hydrogens is 332 g/mol. The van der Waals surface area contributed by atoms with Crippen LogP contribution < -0.4 is 15.5 Å². The molecule has 0 aliphatic carbocycles. The summed E-state index contributed by atoms with van der Waals surface area (Å²) in [6.45, 7) is 2.46. The summed E-state index contributed by atoms with van der Waals surface area (Å²) < 4.78 is 0. The Morgan fingerprint density at radius 3 is 2.54 bits per heavy atom. The second-order valence-corrected chi connectivity index (χ2v) is 6.88. The molecule has 2 heterocycles.